The molecule has 4 heteroatoms. The number of carbonyl (C=O) groups is 1. The largest absolute Gasteiger partial charge is 0.289 e. The predicted octanol–water partition coefficient (Wildman–Crippen LogP) is 1.80. The van der Waals surface area contributed by atoms with Gasteiger partial charge in [-0.3, -0.25) is 4.79 Å². The van der Waals surface area contributed by atoms with Gasteiger partial charge in [0.1, 0.15) is 5.82 Å². The number of benzene rings is 1. The highest BCUT2D eigenvalue weighted by molar-refractivity contribution is 8.22. The zero-order valence-corrected chi connectivity index (χ0v) is 7.98. The van der Waals surface area contributed by atoms with E-state index in [4.69, 9.17) is 0 Å². The average molecular weight is 194 g/mol. The lowest BCUT2D eigenvalue weighted by Gasteiger charge is -1.94. The van der Waals surface area contributed by atoms with Crippen LogP contribution in [0.5, 0.6) is 0 Å². The Morgan fingerprint density at radius 3 is 2.54 bits per heavy atom. The molecule has 0 atom stereocenters. The van der Waals surface area contributed by atoms with Crippen LogP contribution >= 0.6 is 11.6 Å². The highest BCUT2D eigenvalue weighted by atomic mass is 32.2. The molecular formula is C9H8BFOS. The van der Waals surface area contributed by atoms with Gasteiger partial charge in [0, 0.05) is 5.56 Å². The lowest BCUT2D eigenvalue weighted by Crippen LogP contribution is -1.93. The molecule has 0 heterocycles. The third-order valence-corrected chi connectivity index (χ3v) is 1.89. The number of allylic oxidation sites excluding steroid dienone is 1. The van der Waals surface area contributed by atoms with Gasteiger partial charge in [0.15, 0.2) is 12.9 Å². The van der Waals surface area contributed by atoms with Gasteiger partial charge in [-0.2, -0.15) is 11.6 Å². The first-order chi connectivity index (χ1) is 6.24. The van der Waals surface area contributed by atoms with E-state index in [0.29, 0.717) is 5.56 Å². The van der Waals surface area contributed by atoms with Crippen molar-refractivity contribution in [2.24, 2.45) is 0 Å². The van der Waals surface area contributed by atoms with Gasteiger partial charge in [0.25, 0.3) is 0 Å². The monoisotopic (exact) mass is 194 g/mol. The smallest absolute Gasteiger partial charge is 0.186 e. The summed E-state index contributed by atoms with van der Waals surface area (Å²) in [6, 6.07) is 5.50. The lowest BCUT2D eigenvalue weighted by atomic mass is 10.1. The van der Waals surface area contributed by atoms with Gasteiger partial charge in [-0.25, -0.2) is 4.39 Å². The van der Waals surface area contributed by atoms with Crippen molar-refractivity contribution in [1.82, 2.24) is 0 Å². The second kappa shape index (κ2) is 4.87. The van der Waals surface area contributed by atoms with E-state index in [2.05, 4.69) is 0 Å². The summed E-state index contributed by atoms with van der Waals surface area (Å²) in [5, 5.41) is 1.70. The van der Waals surface area contributed by atoms with Gasteiger partial charge in [-0.15, -0.1) is 0 Å². The molecule has 0 radical (unpaired) electrons. The van der Waals surface area contributed by atoms with E-state index in [1.165, 1.54) is 42.0 Å². The minimum atomic E-state index is -0.328. The van der Waals surface area contributed by atoms with Crippen molar-refractivity contribution in [2.75, 3.05) is 0 Å². The molecule has 13 heavy (non-hydrogen) atoms. The fourth-order valence-corrected chi connectivity index (χ4v) is 1.10. The fraction of sp³-hybridized carbons (Fsp3) is 0. The van der Waals surface area contributed by atoms with Gasteiger partial charge in [-0.05, 0) is 35.7 Å². The third-order valence-electron chi connectivity index (χ3n) is 1.48. The quantitative estimate of drug-likeness (QED) is 0.414. The van der Waals surface area contributed by atoms with E-state index in [9.17, 15) is 9.18 Å². The Balaban J connectivity index is 2.78. The molecule has 0 aliphatic heterocycles. The number of carbonyl (C=O) groups excluding carboxylic acids is 1. The van der Waals surface area contributed by atoms with E-state index in [0.717, 1.165) is 0 Å². The molecule has 1 aromatic carbocycles. The second-order valence-electron chi connectivity index (χ2n) is 2.41. The Labute approximate surface area is 81.3 Å². The molecular weight excluding hydrogens is 186 g/mol. The maximum Gasteiger partial charge on any atom is 0.186 e. The lowest BCUT2D eigenvalue weighted by molar-refractivity contribution is 0.104. The van der Waals surface area contributed by atoms with Crippen LogP contribution in [0.2, 0.25) is 0 Å². The van der Waals surface area contributed by atoms with E-state index in [1.54, 1.807) is 5.41 Å². The topological polar surface area (TPSA) is 17.1 Å². The highest BCUT2D eigenvalue weighted by Gasteiger charge is 2.00. The first-order valence-electron chi connectivity index (χ1n) is 3.73. The second-order valence-corrected chi connectivity index (χ2v) is 3.15. The minimum absolute atomic E-state index is 0.102. The van der Waals surface area contributed by atoms with Crippen LogP contribution in [0.15, 0.2) is 35.7 Å². The fourth-order valence-electron chi connectivity index (χ4n) is 0.840. The summed E-state index contributed by atoms with van der Waals surface area (Å²) in [4.78, 5) is 11.3. The molecule has 1 nitrogen and oxygen atoms in total. The molecule has 1 aromatic rings. The van der Waals surface area contributed by atoms with Gasteiger partial charge in [-0.1, -0.05) is 0 Å². The van der Waals surface area contributed by atoms with Crippen molar-refractivity contribution in [3.8, 4) is 0 Å². The number of rotatable bonds is 3. The first-order valence-corrected chi connectivity index (χ1v) is 5.02. The average Bonchev–Trinajstić information content (AvgIpc) is 2.15. The van der Waals surface area contributed by atoms with Crippen molar-refractivity contribution in [2.45, 2.75) is 0 Å². The number of halogens is 1. The van der Waals surface area contributed by atoms with Crippen molar-refractivity contribution in [1.29, 1.82) is 0 Å². The van der Waals surface area contributed by atoms with E-state index >= 15 is 0 Å². The molecule has 66 valence electrons. The zero-order valence-electron chi connectivity index (χ0n) is 7.16. The summed E-state index contributed by atoms with van der Waals surface area (Å²) in [5.74, 6) is -0.431. The number of hydrogen-bond acceptors (Lipinski definition) is 2. The van der Waals surface area contributed by atoms with Crippen LogP contribution in [0.1, 0.15) is 10.4 Å². The van der Waals surface area contributed by atoms with Crippen LogP contribution in [-0.4, -0.2) is 12.9 Å². The molecule has 0 saturated heterocycles. The summed E-state index contributed by atoms with van der Waals surface area (Å²) in [6.07, 6.45) is 1.47. The molecule has 1 rings (SSSR count). The zero-order chi connectivity index (χ0) is 9.68. The van der Waals surface area contributed by atoms with Crippen LogP contribution in [0, 0.1) is 5.82 Å². The van der Waals surface area contributed by atoms with Crippen molar-refractivity contribution >= 4 is 24.5 Å². The summed E-state index contributed by atoms with van der Waals surface area (Å²) in [7, 11) is 1.87. The third kappa shape index (κ3) is 3.07. The molecule has 0 fully saturated rings. The van der Waals surface area contributed by atoms with Crippen molar-refractivity contribution < 1.29 is 9.18 Å². The SMILES string of the molecule is BS/C=C/C(=O)c1ccc(F)cc1. The van der Waals surface area contributed by atoms with Crippen LogP contribution < -0.4 is 0 Å². The molecule has 0 bridgehead atoms. The molecule has 0 aliphatic rings. The van der Waals surface area contributed by atoms with Gasteiger partial charge in [0.2, 0.25) is 0 Å². The van der Waals surface area contributed by atoms with Crippen molar-refractivity contribution in [3.05, 3.63) is 47.1 Å². The van der Waals surface area contributed by atoms with Crippen LogP contribution in [0.25, 0.3) is 0 Å². The Bertz CT molecular complexity index is 321. The Morgan fingerprint density at radius 1 is 1.38 bits per heavy atom. The van der Waals surface area contributed by atoms with Crippen LogP contribution in [0.4, 0.5) is 4.39 Å². The highest BCUT2D eigenvalue weighted by Crippen LogP contribution is 2.05. The van der Waals surface area contributed by atoms with E-state index in [1.807, 2.05) is 7.12 Å². The van der Waals surface area contributed by atoms with Gasteiger partial charge in [0.05, 0.1) is 0 Å². The van der Waals surface area contributed by atoms with E-state index in [-0.39, 0.29) is 11.6 Å². The summed E-state index contributed by atoms with van der Waals surface area (Å²) in [5.41, 5.74) is 0.506. The minimum Gasteiger partial charge on any atom is -0.289 e. The molecule has 0 unspecified atom stereocenters. The molecule has 0 spiro atoms. The van der Waals surface area contributed by atoms with E-state index < -0.39 is 0 Å². The Morgan fingerprint density at radius 2 is 2.00 bits per heavy atom. The first kappa shape index (κ1) is 10.1. The molecule has 0 saturated carbocycles. The molecule has 0 aromatic heterocycles. The van der Waals surface area contributed by atoms with Crippen molar-refractivity contribution in [3.63, 3.8) is 0 Å². The van der Waals surface area contributed by atoms with Gasteiger partial charge >= 0.3 is 0 Å². The maximum absolute atomic E-state index is 12.5. The molecule has 0 N–H and O–H groups in total. The standard InChI is InChI=1S/C9H8BFOS/c10-13-6-5-9(12)7-1-3-8(11)4-2-7/h1-6H,10H2/b6-5+. The normalized spacial score (nSPS) is 10.5. The summed E-state index contributed by atoms with van der Waals surface area (Å²) >= 11 is 1.45. The number of ketones is 1. The molecule has 0 aliphatic carbocycles. The Kier molecular flexibility index (Phi) is 3.77. The maximum atomic E-state index is 12.5. The molecule has 0 amide bonds. The van der Waals surface area contributed by atoms with Gasteiger partial charge < -0.3 is 0 Å². The van der Waals surface area contributed by atoms with Crippen LogP contribution in [-0.2, 0) is 0 Å². The number of hydrogen-bond donors (Lipinski definition) is 0. The summed E-state index contributed by atoms with van der Waals surface area (Å²) < 4.78 is 12.5. The summed E-state index contributed by atoms with van der Waals surface area (Å²) in [6.45, 7) is 0. The van der Waals surface area contributed by atoms with Crippen LogP contribution in [0.3, 0.4) is 0 Å². The Hall–Kier alpha value is -1.03. The predicted molar refractivity (Wildman–Crippen MR) is 56.0 cm³/mol.